The molecule has 8 nitrogen and oxygen atoms in total. The number of hydrogen-bond acceptors (Lipinski definition) is 8. The highest BCUT2D eigenvalue weighted by Crippen LogP contribution is 2.63. The maximum atomic E-state index is 14.4. The smallest absolute Gasteiger partial charge is 0.192 e. The van der Waals surface area contributed by atoms with Gasteiger partial charge in [0.15, 0.2) is 0 Å². The fourth-order valence-electron chi connectivity index (χ4n) is 9.57. The quantitative estimate of drug-likeness (QED) is 0.116. The minimum Gasteiger partial charge on any atom is -0.192 e. The molecule has 7 aromatic rings. The van der Waals surface area contributed by atoms with E-state index in [4.69, 9.17) is 0 Å². The molecule has 7 aromatic carbocycles. The van der Waals surface area contributed by atoms with E-state index in [0.717, 1.165) is 48.5 Å². The molecule has 0 amide bonds. The van der Waals surface area contributed by atoms with Gasteiger partial charge in [-0.3, -0.25) is 0 Å². The summed E-state index contributed by atoms with van der Waals surface area (Å²) < 4.78 is 86.6. The van der Waals surface area contributed by atoms with Crippen molar-refractivity contribution < 1.29 is 26.3 Å². The van der Waals surface area contributed by atoms with Gasteiger partial charge < -0.3 is 0 Å². The van der Waals surface area contributed by atoms with Crippen LogP contribution < -0.4 is 0 Å². The van der Waals surface area contributed by atoms with E-state index in [2.05, 4.69) is 24.3 Å². The van der Waals surface area contributed by atoms with Gasteiger partial charge in [0, 0.05) is 44.5 Å². The normalized spacial score (nSPS) is 13.9. The highest BCUT2D eigenvalue weighted by molar-refractivity contribution is 6.39. The average molecular weight is 971 g/mol. The molecule has 0 heterocycles. The van der Waals surface area contributed by atoms with Gasteiger partial charge in [-0.2, -0.15) is 68.4 Å². The molecule has 2 aliphatic rings. The van der Waals surface area contributed by atoms with E-state index >= 15 is 0 Å². The summed E-state index contributed by atoms with van der Waals surface area (Å²) in [5, 5.41) is 86.9. The minimum absolute atomic E-state index is 0.00525. The summed E-state index contributed by atoms with van der Waals surface area (Å²) in [6, 6.07) is 48.9. The van der Waals surface area contributed by atoms with Crippen molar-refractivity contribution in [2.75, 3.05) is 0 Å². The summed E-state index contributed by atoms with van der Waals surface area (Å²) in [4.78, 5) is 0. The van der Waals surface area contributed by atoms with Crippen molar-refractivity contribution in [3.05, 3.63) is 223 Å². The lowest BCUT2D eigenvalue weighted by molar-refractivity contribution is -0.138. The second-order valence-corrected chi connectivity index (χ2v) is 16.6. The Labute approximate surface area is 418 Å². The first-order valence-electron chi connectivity index (χ1n) is 21.9. The number of hydrogen-bond donors (Lipinski definition) is 0. The third-order valence-corrected chi connectivity index (χ3v) is 12.5. The molecule has 0 radical (unpaired) electrons. The zero-order valence-electron chi connectivity index (χ0n) is 37.7. The summed E-state index contributed by atoms with van der Waals surface area (Å²) >= 11 is 0. The lowest BCUT2D eigenvalue weighted by atomic mass is 9.77. The number of nitrogens with zero attached hydrogens (tertiary/aromatic N) is 8. The van der Waals surface area contributed by atoms with Crippen LogP contribution in [0.4, 0.5) is 26.3 Å². The summed E-state index contributed by atoms with van der Waals surface area (Å²) in [7, 11) is 0. The van der Waals surface area contributed by atoms with E-state index in [9.17, 15) is 68.4 Å². The number of benzene rings is 7. The Bertz CT molecular complexity index is 3750. The van der Waals surface area contributed by atoms with Crippen molar-refractivity contribution >= 4 is 44.6 Å². The number of allylic oxidation sites excluding steroid dienone is 8. The van der Waals surface area contributed by atoms with Crippen LogP contribution in [0.1, 0.15) is 77.9 Å². The van der Waals surface area contributed by atoms with Crippen LogP contribution in [0.2, 0.25) is 0 Å². The Kier molecular flexibility index (Phi) is 12.2. The number of rotatable bonds is 6. The van der Waals surface area contributed by atoms with Gasteiger partial charge in [-0.05, 0) is 105 Å². The molecule has 2 aliphatic carbocycles. The lowest BCUT2D eigenvalue weighted by Gasteiger charge is -2.24. The van der Waals surface area contributed by atoms with Crippen molar-refractivity contribution in [2.45, 2.75) is 12.4 Å². The standard InChI is InChI=1S/C60H24F6N8/c61-59(62,63)43-15-11-39(12-16-43)51-55-47(31-73)49(37-7-3-1-4-8-37)53(45(29-71)41-21-33(25-67)19-34(22-41)26-68)57(55)52(40-13-17-44(18-14-40)60(64,65)66)56-48(32-74)50(38-9-5-2-6-10-38)54(58(51)56)46(30-72)42-23-35(27-69)20-36(24-42)28-70/h1-24H/b53-45+,54-46+. The molecule has 346 valence electrons. The van der Waals surface area contributed by atoms with Gasteiger partial charge in [-0.1, -0.05) is 84.9 Å². The van der Waals surface area contributed by atoms with Gasteiger partial charge in [0.1, 0.15) is 24.3 Å². The lowest BCUT2D eigenvalue weighted by Crippen LogP contribution is -2.07. The summed E-state index contributed by atoms with van der Waals surface area (Å²) in [5.74, 6) is 0. The topological polar surface area (TPSA) is 190 Å². The largest absolute Gasteiger partial charge is 0.416 e. The molecular weight excluding hydrogens is 947 g/mol. The molecule has 9 rings (SSSR count). The molecule has 14 heteroatoms. The van der Waals surface area contributed by atoms with Crippen LogP contribution in [-0.2, 0) is 12.4 Å². The van der Waals surface area contributed by atoms with Gasteiger partial charge in [0.25, 0.3) is 0 Å². The zero-order valence-corrected chi connectivity index (χ0v) is 37.7. The van der Waals surface area contributed by atoms with Crippen molar-refractivity contribution in [1.82, 2.24) is 0 Å². The van der Waals surface area contributed by atoms with Crippen LogP contribution in [-0.4, -0.2) is 0 Å². The van der Waals surface area contributed by atoms with Crippen molar-refractivity contribution in [3.8, 4) is 70.8 Å². The van der Waals surface area contributed by atoms with Crippen molar-refractivity contribution in [2.24, 2.45) is 0 Å². The first-order valence-corrected chi connectivity index (χ1v) is 21.9. The fraction of sp³-hybridized carbons (Fsp3) is 0.0333. The van der Waals surface area contributed by atoms with Crippen LogP contribution in [0.3, 0.4) is 0 Å². The van der Waals surface area contributed by atoms with Crippen LogP contribution in [0.15, 0.2) is 146 Å². The van der Waals surface area contributed by atoms with Crippen LogP contribution in [0.25, 0.3) is 66.8 Å². The maximum absolute atomic E-state index is 14.4. The molecule has 0 atom stereocenters. The summed E-state index contributed by atoms with van der Waals surface area (Å²) in [6.07, 6.45) is -9.69. The maximum Gasteiger partial charge on any atom is 0.416 e. The van der Waals surface area contributed by atoms with E-state index in [1.807, 2.05) is 24.3 Å². The molecule has 0 aliphatic heterocycles. The summed E-state index contributed by atoms with van der Waals surface area (Å²) in [6.45, 7) is 0. The minimum atomic E-state index is -4.84. The van der Waals surface area contributed by atoms with Gasteiger partial charge in [-0.15, -0.1) is 0 Å². The number of fused-ring (bicyclic) bond motifs is 2. The molecule has 0 aromatic heterocycles. The van der Waals surface area contributed by atoms with Crippen LogP contribution in [0, 0.1) is 90.6 Å². The molecule has 0 N–H and O–H groups in total. The van der Waals surface area contributed by atoms with Crippen molar-refractivity contribution in [1.29, 1.82) is 42.1 Å². The van der Waals surface area contributed by atoms with E-state index < -0.39 is 23.5 Å². The van der Waals surface area contributed by atoms with Gasteiger partial charge >= 0.3 is 12.4 Å². The summed E-state index contributed by atoms with van der Waals surface area (Å²) in [5.41, 5.74) is -2.84. The number of alkyl halides is 6. The molecule has 0 fully saturated rings. The third kappa shape index (κ3) is 8.07. The van der Waals surface area contributed by atoms with Crippen LogP contribution >= 0.6 is 0 Å². The molecule has 0 spiro atoms. The Balaban J connectivity index is 1.66. The highest BCUT2D eigenvalue weighted by atomic mass is 19.4. The average Bonchev–Trinajstić information content (AvgIpc) is 3.93. The number of halogens is 6. The second kappa shape index (κ2) is 18.7. The Morgan fingerprint density at radius 3 is 0.892 bits per heavy atom. The second-order valence-electron chi connectivity index (χ2n) is 16.6. The monoisotopic (exact) mass is 970 g/mol. The van der Waals surface area contributed by atoms with Gasteiger partial charge in [0.05, 0.1) is 80.0 Å². The molecule has 0 saturated carbocycles. The highest BCUT2D eigenvalue weighted by Gasteiger charge is 2.44. The molecule has 0 unspecified atom stereocenters. The Morgan fingerprint density at radius 2 is 0.635 bits per heavy atom. The zero-order chi connectivity index (χ0) is 52.6. The van der Waals surface area contributed by atoms with E-state index in [1.54, 1.807) is 60.7 Å². The first-order chi connectivity index (χ1) is 35.6. The molecule has 74 heavy (non-hydrogen) atoms. The predicted octanol–water partition coefficient (Wildman–Crippen LogP) is 14.3. The van der Waals surface area contributed by atoms with Crippen LogP contribution in [0.5, 0.6) is 0 Å². The molecule has 0 saturated heterocycles. The van der Waals surface area contributed by atoms with Gasteiger partial charge in [0.2, 0.25) is 0 Å². The molecule has 0 bridgehead atoms. The molecular formula is C60H24F6N8. The Hall–Kier alpha value is -11.0. The third-order valence-electron chi connectivity index (χ3n) is 12.5. The Morgan fingerprint density at radius 1 is 0.324 bits per heavy atom. The van der Waals surface area contributed by atoms with Crippen molar-refractivity contribution in [3.63, 3.8) is 0 Å². The number of nitriles is 8. The fourth-order valence-corrected chi connectivity index (χ4v) is 9.57. The SMILES string of the molecule is N#CC1=C(c2ccccc2)/C(=C(/C#N)c2cc(C#N)cc(C#N)c2)c2c1c(-c1ccc(C(F)(F)F)cc1)c1c(c2-c2ccc(C(F)(F)F)cc2)C(C#N)=C(c2ccccc2)/C1=C(/C#N)c1cc(C#N)cc(C#N)c1. The van der Waals surface area contributed by atoms with E-state index in [-0.39, 0.29) is 122 Å². The van der Waals surface area contributed by atoms with E-state index in [1.165, 1.54) is 36.4 Å². The van der Waals surface area contributed by atoms with Gasteiger partial charge in [-0.25, -0.2) is 0 Å². The van der Waals surface area contributed by atoms with E-state index in [0.29, 0.717) is 11.1 Å². The predicted molar refractivity (Wildman–Crippen MR) is 262 cm³/mol. The first kappa shape index (κ1) is 48.0.